The molecule has 8 bridgehead atoms. The Kier molecular flexibility index (Phi) is 2.96. The Labute approximate surface area is 246 Å². The van der Waals surface area contributed by atoms with Crippen molar-refractivity contribution in [3.05, 3.63) is 0 Å². The summed E-state index contributed by atoms with van der Waals surface area (Å²) < 4.78 is 52.9. The predicted molar refractivity (Wildman–Crippen MR) is 134 cm³/mol. The Morgan fingerprint density at radius 2 is 0.650 bits per heavy atom. The van der Waals surface area contributed by atoms with Crippen molar-refractivity contribution >= 4 is 37.6 Å². The molecular formula is C29H28Br2O9. The Hall–Kier alpha value is 0.310. The zero-order valence-electron chi connectivity index (χ0n) is 21.5. The van der Waals surface area contributed by atoms with E-state index >= 15 is 4.79 Å². The minimum absolute atomic E-state index is 0.0997. The van der Waals surface area contributed by atoms with Crippen LogP contribution in [0.2, 0.25) is 0 Å². The van der Waals surface area contributed by atoms with E-state index in [4.69, 9.17) is 37.9 Å². The Morgan fingerprint density at radius 3 is 1.00 bits per heavy atom. The van der Waals surface area contributed by atoms with Crippen LogP contribution in [0.3, 0.4) is 0 Å². The third kappa shape index (κ3) is 1.28. The zero-order valence-corrected chi connectivity index (χ0v) is 24.7. The maximum atomic E-state index is 16.2. The van der Waals surface area contributed by atoms with Crippen molar-refractivity contribution < 1.29 is 42.7 Å². The fraction of sp³-hybridized carbons (Fsp3) is 0.966. The number of carbonyl (C=O) groups is 1. The van der Waals surface area contributed by atoms with E-state index in [9.17, 15) is 0 Å². The van der Waals surface area contributed by atoms with Crippen molar-refractivity contribution in [1.29, 1.82) is 0 Å². The average Bonchev–Trinajstić information content (AvgIpc) is 3.80. The molecule has 0 aromatic rings. The molecule has 12 saturated carbocycles. The summed E-state index contributed by atoms with van der Waals surface area (Å²) in [5, 5.41) is 0. The van der Waals surface area contributed by atoms with E-state index < -0.39 is 34.0 Å². The van der Waals surface area contributed by atoms with Crippen LogP contribution in [-0.4, -0.2) is 90.4 Å². The standard InChI is InChI=1S/C29H28Br2O9/c30-24-13-9-15(24)19-17(28(24)37-5-6-38-28)11(13)22(9,26(19)33-1-2-34-26)21(32)23-10-14-12(23)18-20(27(23)35-3-4-36-27)16(10)25(14,31)29(18)39-7-8-40-29/h9-20H,1-8H2. The van der Waals surface area contributed by atoms with Gasteiger partial charge in [0.25, 0.3) is 0 Å². The van der Waals surface area contributed by atoms with Gasteiger partial charge in [0.15, 0.2) is 28.9 Å². The average molecular weight is 680 g/mol. The van der Waals surface area contributed by atoms with Crippen molar-refractivity contribution in [1.82, 2.24) is 0 Å². The van der Waals surface area contributed by atoms with Gasteiger partial charge in [0.2, 0.25) is 0 Å². The first-order chi connectivity index (χ1) is 19.4. The highest BCUT2D eigenvalue weighted by Crippen LogP contribution is 3.06. The molecule has 16 fully saturated rings. The smallest absolute Gasteiger partial charge is 0.188 e. The quantitative estimate of drug-likeness (QED) is 0.401. The van der Waals surface area contributed by atoms with Gasteiger partial charge in [0, 0.05) is 23.7 Å². The predicted octanol–water partition coefficient (Wildman–Crippen LogP) is 1.30. The Balaban J connectivity index is 1.02. The molecule has 40 heavy (non-hydrogen) atoms. The third-order valence-corrected chi connectivity index (χ3v) is 19.5. The second kappa shape index (κ2) is 5.41. The molecule has 16 atom stereocenters. The summed E-state index contributed by atoms with van der Waals surface area (Å²) in [4.78, 5) is 16.2. The van der Waals surface area contributed by atoms with Gasteiger partial charge in [-0.3, -0.25) is 4.79 Å². The lowest BCUT2D eigenvalue weighted by atomic mass is 9.27. The molecule has 16 unspecified atom stereocenters. The highest BCUT2D eigenvalue weighted by atomic mass is 79.9. The van der Waals surface area contributed by atoms with E-state index in [1.807, 2.05) is 0 Å². The van der Waals surface area contributed by atoms with Crippen molar-refractivity contribution in [2.45, 2.75) is 31.8 Å². The third-order valence-electron chi connectivity index (χ3n) is 16.3. The van der Waals surface area contributed by atoms with E-state index in [2.05, 4.69) is 31.9 Å². The van der Waals surface area contributed by atoms with Crippen molar-refractivity contribution in [3.63, 3.8) is 0 Å². The largest absolute Gasteiger partial charge is 0.346 e. The fourth-order valence-corrected chi connectivity index (χ4v) is 20.2. The number of halogens is 2. The molecule has 9 nitrogen and oxygen atoms in total. The first-order valence-electron chi connectivity index (χ1n) is 15.5. The van der Waals surface area contributed by atoms with Gasteiger partial charge < -0.3 is 37.9 Å². The second-order valence-electron chi connectivity index (χ2n) is 15.4. The Morgan fingerprint density at radius 1 is 0.400 bits per heavy atom. The van der Waals surface area contributed by atoms with Gasteiger partial charge >= 0.3 is 0 Å². The lowest BCUT2D eigenvalue weighted by Gasteiger charge is -2.76. The molecule has 0 amide bonds. The number of alkyl halides is 2. The first-order valence-corrected chi connectivity index (χ1v) is 17.1. The maximum absolute atomic E-state index is 16.2. The van der Waals surface area contributed by atoms with Crippen LogP contribution in [0.5, 0.6) is 0 Å². The van der Waals surface area contributed by atoms with Gasteiger partial charge in [-0.25, -0.2) is 0 Å². The summed E-state index contributed by atoms with van der Waals surface area (Å²) in [6.45, 7) is 4.53. The number of hydrogen-bond acceptors (Lipinski definition) is 9. The zero-order chi connectivity index (χ0) is 25.8. The van der Waals surface area contributed by atoms with Crippen LogP contribution in [-0.2, 0) is 42.7 Å². The molecule has 212 valence electrons. The summed E-state index contributed by atoms with van der Waals surface area (Å²) >= 11 is 8.50. The van der Waals surface area contributed by atoms with Crippen LogP contribution >= 0.6 is 31.9 Å². The van der Waals surface area contributed by atoms with Gasteiger partial charge in [-0.2, -0.15) is 0 Å². The lowest BCUT2D eigenvalue weighted by molar-refractivity contribution is -0.321. The number of carbonyl (C=O) groups excluding carboxylic acids is 1. The molecule has 0 N–H and O–H groups in total. The van der Waals surface area contributed by atoms with E-state index in [1.165, 1.54) is 0 Å². The highest BCUT2D eigenvalue weighted by Gasteiger charge is 3.15. The monoisotopic (exact) mass is 678 g/mol. The van der Waals surface area contributed by atoms with Gasteiger partial charge in [-0.15, -0.1) is 0 Å². The summed E-state index contributed by atoms with van der Waals surface area (Å²) in [7, 11) is 0. The molecule has 0 aromatic heterocycles. The number of rotatable bonds is 2. The van der Waals surface area contributed by atoms with Gasteiger partial charge in [-0.1, -0.05) is 31.9 Å². The van der Waals surface area contributed by atoms with Crippen LogP contribution in [0.25, 0.3) is 0 Å². The number of ether oxygens (including phenoxy) is 8. The summed E-state index contributed by atoms with van der Waals surface area (Å²) in [5.74, 6) is -0.551. The maximum Gasteiger partial charge on any atom is 0.188 e. The van der Waals surface area contributed by atoms with Gasteiger partial charge in [0.05, 0.1) is 72.3 Å². The minimum atomic E-state index is -0.904. The molecule has 12 aliphatic carbocycles. The number of Topliss-reactive ketones (excluding diaryl/α,β-unsaturated/α-hetero) is 1. The van der Waals surface area contributed by atoms with Crippen LogP contribution in [0.1, 0.15) is 0 Å². The van der Waals surface area contributed by atoms with Crippen molar-refractivity contribution in [2.24, 2.45) is 81.8 Å². The van der Waals surface area contributed by atoms with E-state index in [0.717, 1.165) is 0 Å². The second-order valence-corrected chi connectivity index (χ2v) is 18.0. The molecule has 16 rings (SSSR count). The molecule has 16 aliphatic rings. The summed E-state index contributed by atoms with van der Waals surface area (Å²) in [5.41, 5.74) is -1.41. The molecule has 4 heterocycles. The number of ketones is 1. The van der Waals surface area contributed by atoms with E-state index in [0.29, 0.717) is 70.5 Å². The molecule has 0 aromatic carbocycles. The fourth-order valence-electron chi connectivity index (χ4n) is 16.9. The SMILES string of the molecule is O=C(C12C3C4C(C5C1C3C5(Br)C41OCCO1)C21OCCO1)C12C3C4C(C5C1C3C5(Br)C41OCCO1)C21OCCO1. The molecular weight excluding hydrogens is 652 g/mol. The summed E-state index contributed by atoms with van der Waals surface area (Å²) in [6.07, 6.45) is 0. The van der Waals surface area contributed by atoms with Crippen molar-refractivity contribution in [3.8, 4) is 0 Å². The molecule has 4 spiro atoms. The number of hydrogen-bond donors (Lipinski definition) is 0. The first kappa shape index (κ1) is 21.9. The Bertz CT molecular complexity index is 1330. The van der Waals surface area contributed by atoms with Crippen LogP contribution in [0, 0.1) is 81.8 Å². The highest BCUT2D eigenvalue weighted by molar-refractivity contribution is 9.10. The van der Waals surface area contributed by atoms with Crippen LogP contribution < -0.4 is 0 Å². The molecule has 4 aliphatic heterocycles. The van der Waals surface area contributed by atoms with E-state index in [-0.39, 0.29) is 67.8 Å². The lowest BCUT2D eigenvalue weighted by Crippen LogP contribution is -2.84. The van der Waals surface area contributed by atoms with Crippen molar-refractivity contribution in [2.75, 3.05) is 52.9 Å². The van der Waals surface area contributed by atoms with E-state index in [1.54, 1.807) is 0 Å². The minimum Gasteiger partial charge on any atom is -0.346 e. The van der Waals surface area contributed by atoms with Crippen LogP contribution in [0.4, 0.5) is 0 Å². The van der Waals surface area contributed by atoms with Gasteiger partial charge in [-0.05, 0) is 47.3 Å². The molecule has 4 saturated heterocycles. The molecule has 11 heteroatoms. The van der Waals surface area contributed by atoms with Gasteiger partial charge in [0.1, 0.15) is 0 Å². The summed E-state index contributed by atoms with van der Waals surface area (Å²) in [6, 6.07) is 0. The molecule has 0 radical (unpaired) electrons. The topological polar surface area (TPSA) is 90.9 Å². The van der Waals surface area contributed by atoms with Crippen LogP contribution in [0.15, 0.2) is 0 Å². The normalized spacial score (nSPS) is 71.5.